The van der Waals surface area contributed by atoms with Crippen LogP contribution in [0.2, 0.25) is 0 Å². The highest BCUT2D eigenvalue weighted by atomic mass is 16.3. The van der Waals surface area contributed by atoms with Gasteiger partial charge in [0, 0.05) is 6.07 Å². The highest BCUT2D eigenvalue weighted by Crippen LogP contribution is 2.14. The summed E-state index contributed by atoms with van der Waals surface area (Å²) in [5, 5.41) is 16.4. The quantitative estimate of drug-likeness (QED) is 0.666. The number of hydrogen-bond acceptors (Lipinski definition) is 5. The van der Waals surface area contributed by atoms with Gasteiger partial charge in [-0.3, -0.25) is 9.59 Å². The van der Waals surface area contributed by atoms with Gasteiger partial charge in [-0.15, -0.1) is 0 Å². The first-order valence-corrected chi connectivity index (χ1v) is 8.22. The van der Waals surface area contributed by atoms with Crippen LogP contribution in [-0.4, -0.2) is 33.4 Å². The van der Waals surface area contributed by atoms with Crippen LogP contribution < -0.4 is 10.9 Å². The van der Waals surface area contributed by atoms with Gasteiger partial charge in [-0.25, -0.2) is 4.68 Å². The standard InChI is InChI=1S/C19H19N3O4/c23-13-15(11-14-5-2-1-3-6-14)20-18(24)12-22-19(25)9-8-16(21-22)17-7-4-10-26-17/h1-10,15,23H,11-13H2,(H,20,24)/t15-/m0/s1. The highest BCUT2D eigenvalue weighted by Gasteiger charge is 2.14. The van der Waals surface area contributed by atoms with Gasteiger partial charge in [-0.05, 0) is 30.2 Å². The minimum absolute atomic E-state index is 0.199. The molecule has 0 aliphatic carbocycles. The first-order valence-electron chi connectivity index (χ1n) is 8.22. The molecular formula is C19H19N3O4. The van der Waals surface area contributed by atoms with E-state index in [0.717, 1.165) is 10.2 Å². The molecule has 1 atom stereocenters. The van der Waals surface area contributed by atoms with Gasteiger partial charge in [0.05, 0.1) is 18.9 Å². The fourth-order valence-electron chi connectivity index (χ4n) is 2.59. The lowest BCUT2D eigenvalue weighted by Gasteiger charge is -2.16. The number of furan rings is 1. The zero-order valence-electron chi connectivity index (χ0n) is 14.0. The Bertz CT molecular complexity index is 904. The van der Waals surface area contributed by atoms with Crippen molar-refractivity contribution in [2.24, 2.45) is 0 Å². The zero-order chi connectivity index (χ0) is 18.4. The Morgan fingerprint density at radius 2 is 1.96 bits per heavy atom. The number of amides is 1. The molecule has 0 aliphatic heterocycles. The molecule has 2 N–H and O–H groups in total. The number of nitrogens with one attached hydrogen (secondary N) is 1. The molecule has 2 heterocycles. The average Bonchev–Trinajstić information content (AvgIpc) is 3.18. The van der Waals surface area contributed by atoms with Gasteiger partial charge in [0.1, 0.15) is 12.2 Å². The second kappa shape index (κ2) is 8.26. The van der Waals surface area contributed by atoms with E-state index in [4.69, 9.17) is 4.42 Å². The van der Waals surface area contributed by atoms with Crippen LogP contribution in [0.4, 0.5) is 0 Å². The maximum Gasteiger partial charge on any atom is 0.267 e. The predicted molar refractivity (Wildman–Crippen MR) is 95.4 cm³/mol. The van der Waals surface area contributed by atoms with Crippen molar-refractivity contribution in [1.82, 2.24) is 15.1 Å². The molecule has 0 spiro atoms. The Morgan fingerprint density at radius 1 is 1.15 bits per heavy atom. The summed E-state index contributed by atoms with van der Waals surface area (Å²) >= 11 is 0. The normalized spacial score (nSPS) is 11.9. The van der Waals surface area contributed by atoms with Crippen LogP contribution >= 0.6 is 0 Å². The van der Waals surface area contributed by atoms with Crippen molar-refractivity contribution in [2.45, 2.75) is 19.0 Å². The van der Waals surface area contributed by atoms with Crippen LogP contribution in [0.3, 0.4) is 0 Å². The van der Waals surface area contributed by atoms with Crippen LogP contribution in [-0.2, 0) is 17.8 Å². The summed E-state index contributed by atoms with van der Waals surface area (Å²) in [6.45, 7) is -0.436. The third-order valence-electron chi connectivity index (χ3n) is 3.84. The fraction of sp³-hybridized carbons (Fsp3) is 0.211. The number of aliphatic hydroxyl groups is 1. The summed E-state index contributed by atoms with van der Waals surface area (Å²) in [6.07, 6.45) is 2.01. The lowest BCUT2D eigenvalue weighted by Crippen LogP contribution is -2.42. The van der Waals surface area contributed by atoms with Crippen LogP contribution in [0.1, 0.15) is 5.56 Å². The van der Waals surface area contributed by atoms with Gasteiger partial charge >= 0.3 is 0 Å². The van der Waals surface area contributed by atoms with Crippen molar-refractivity contribution >= 4 is 5.91 Å². The summed E-state index contributed by atoms with van der Waals surface area (Å²) in [6, 6.07) is 15.4. The van der Waals surface area contributed by atoms with Crippen LogP contribution in [0.5, 0.6) is 0 Å². The Morgan fingerprint density at radius 3 is 2.65 bits per heavy atom. The molecule has 0 fully saturated rings. The second-order valence-corrected chi connectivity index (χ2v) is 5.83. The van der Waals surface area contributed by atoms with E-state index in [-0.39, 0.29) is 18.7 Å². The Balaban J connectivity index is 1.67. The molecule has 7 nitrogen and oxygen atoms in total. The largest absolute Gasteiger partial charge is 0.463 e. The summed E-state index contributed by atoms with van der Waals surface area (Å²) in [7, 11) is 0. The van der Waals surface area contributed by atoms with E-state index in [1.807, 2.05) is 30.3 Å². The van der Waals surface area contributed by atoms with Crippen molar-refractivity contribution in [1.29, 1.82) is 0 Å². The third-order valence-corrected chi connectivity index (χ3v) is 3.84. The van der Waals surface area contributed by atoms with E-state index in [1.165, 1.54) is 12.3 Å². The number of carbonyl (C=O) groups is 1. The minimum Gasteiger partial charge on any atom is -0.463 e. The predicted octanol–water partition coefficient (Wildman–Crippen LogP) is 1.22. The first kappa shape index (κ1) is 17.6. The van der Waals surface area contributed by atoms with Gasteiger partial charge < -0.3 is 14.8 Å². The number of hydrogen-bond donors (Lipinski definition) is 2. The molecule has 0 bridgehead atoms. The van der Waals surface area contributed by atoms with Crippen molar-refractivity contribution in [2.75, 3.05) is 6.61 Å². The van der Waals surface area contributed by atoms with E-state index in [2.05, 4.69) is 10.4 Å². The van der Waals surface area contributed by atoms with Gasteiger partial charge in [-0.2, -0.15) is 5.10 Å². The van der Waals surface area contributed by atoms with Gasteiger partial charge in [0.15, 0.2) is 5.76 Å². The molecule has 3 rings (SSSR count). The van der Waals surface area contributed by atoms with E-state index in [0.29, 0.717) is 17.9 Å². The van der Waals surface area contributed by atoms with Crippen molar-refractivity contribution in [3.63, 3.8) is 0 Å². The lowest BCUT2D eigenvalue weighted by molar-refractivity contribution is -0.122. The van der Waals surface area contributed by atoms with Crippen LogP contribution in [0, 0.1) is 0 Å². The van der Waals surface area contributed by atoms with Crippen LogP contribution in [0.15, 0.2) is 70.1 Å². The van der Waals surface area contributed by atoms with E-state index >= 15 is 0 Å². The van der Waals surface area contributed by atoms with Crippen molar-refractivity contribution < 1.29 is 14.3 Å². The molecule has 7 heteroatoms. The molecule has 3 aromatic rings. The molecule has 134 valence electrons. The van der Waals surface area contributed by atoms with Crippen LogP contribution in [0.25, 0.3) is 11.5 Å². The van der Waals surface area contributed by atoms with E-state index < -0.39 is 11.9 Å². The summed E-state index contributed by atoms with van der Waals surface area (Å²) in [5.41, 5.74) is 1.08. The Kier molecular flexibility index (Phi) is 5.60. The van der Waals surface area contributed by atoms with Crippen molar-refractivity contribution in [3.8, 4) is 11.5 Å². The number of aliphatic hydroxyl groups excluding tert-OH is 1. The summed E-state index contributed by atoms with van der Waals surface area (Å²) in [5.74, 6) is 0.114. The van der Waals surface area contributed by atoms with Gasteiger partial charge in [0.2, 0.25) is 5.91 Å². The second-order valence-electron chi connectivity index (χ2n) is 5.83. The number of nitrogens with zero attached hydrogens (tertiary/aromatic N) is 2. The van der Waals surface area contributed by atoms with Crippen molar-refractivity contribution in [3.05, 3.63) is 76.8 Å². The molecular weight excluding hydrogens is 334 g/mol. The molecule has 0 saturated carbocycles. The van der Waals surface area contributed by atoms with Gasteiger partial charge in [0.25, 0.3) is 5.56 Å². The number of carbonyl (C=O) groups excluding carboxylic acids is 1. The Hall–Kier alpha value is -3.19. The molecule has 2 aromatic heterocycles. The molecule has 0 aliphatic rings. The molecule has 0 saturated heterocycles. The molecule has 0 unspecified atom stereocenters. The maximum absolute atomic E-state index is 12.3. The number of benzene rings is 1. The summed E-state index contributed by atoms with van der Waals surface area (Å²) in [4.78, 5) is 24.2. The summed E-state index contributed by atoms with van der Waals surface area (Å²) < 4.78 is 6.33. The topological polar surface area (TPSA) is 97.4 Å². The molecule has 1 amide bonds. The zero-order valence-corrected chi connectivity index (χ0v) is 14.0. The SMILES string of the molecule is O=C(Cn1nc(-c2ccco2)ccc1=O)N[C@H](CO)Cc1ccccc1. The number of rotatable bonds is 7. The number of aromatic nitrogens is 2. The monoisotopic (exact) mass is 353 g/mol. The Labute approximate surface area is 149 Å². The third kappa shape index (κ3) is 4.46. The molecule has 26 heavy (non-hydrogen) atoms. The minimum atomic E-state index is -0.436. The maximum atomic E-state index is 12.3. The first-order chi connectivity index (χ1) is 12.7. The fourth-order valence-corrected chi connectivity index (χ4v) is 2.59. The smallest absolute Gasteiger partial charge is 0.267 e. The lowest BCUT2D eigenvalue weighted by atomic mass is 10.1. The molecule has 0 radical (unpaired) electrons. The van der Waals surface area contributed by atoms with E-state index in [1.54, 1.807) is 18.2 Å². The highest BCUT2D eigenvalue weighted by molar-refractivity contribution is 5.76. The van der Waals surface area contributed by atoms with E-state index in [9.17, 15) is 14.7 Å². The molecule has 1 aromatic carbocycles. The van der Waals surface area contributed by atoms with Gasteiger partial charge in [-0.1, -0.05) is 30.3 Å². The average molecular weight is 353 g/mol.